The van der Waals surface area contributed by atoms with Crippen LogP contribution in [0.1, 0.15) is 0 Å². The van der Waals surface area contributed by atoms with Gasteiger partial charge in [0.1, 0.15) is 0 Å². The van der Waals surface area contributed by atoms with E-state index >= 15 is 0 Å². The van der Waals surface area contributed by atoms with Gasteiger partial charge < -0.3 is 0 Å². The second kappa shape index (κ2) is 5.47. The molecule has 0 radical (unpaired) electrons. The molecule has 44 valence electrons. The number of hydrogen-bond donors (Lipinski definition) is 0. The molecule has 0 unspecified atom stereocenters. The van der Waals surface area contributed by atoms with Crippen LogP contribution in [0.3, 0.4) is 0 Å². The molecule has 7 heavy (non-hydrogen) atoms. The fraction of sp³-hybridized carbons (Fsp3) is 0. The number of rotatable bonds is 3. The van der Waals surface area contributed by atoms with Crippen LogP contribution in [0.25, 0.3) is 0 Å². The quantitative estimate of drug-likeness (QED) is 0.704. The molecule has 0 saturated heterocycles. The zero-order valence-electron chi connectivity index (χ0n) is 2.81. The Hall–Kier alpha value is 1.33. The molecule has 0 amide bonds. The van der Waals surface area contributed by atoms with Gasteiger partial charge >= 0.3 is 61.5 Å². The molecule has 0 fully saturated rings. The van der Waals surface area contributed by atoms with Crippen LogP contribution in [0.4, 0.5) is 0 Å². The fourth-order valence-electron chi connectivity index (χ4n) is 0.0319. The summed E-state index contributed by atoms with van der Waals surface area (Å²) in [6, 6.07) is 0. The van der Waals surface area contributed by atoms with Gasteiger partial charge in [-0.05, 0) is 0 Å². The van der Waals surface area contributed by atoms with Gasteiger partial charge in [0, 0.05) is 0 Å². The maximum absolute atomic E-state index is 4.71. The van der Waals surface area contributed by atoms with Gasteiger partial charge in [0.2, 0.25) is 0 Å². The number of hydrogen-bond acceptors (Lipinski definition) is 3. The topological polar surface area (TPSA) is 27.7 Å². The molecule has 0 atom stereocenters. The Balaban J connectivity index is 2.99. The van der Waals surface area contributed by atoms with E-state index in [1.165, 1.54) is 0 Å². The molecule has 0 saturated carbocycles. The van der Waals surface area contributed by atoms with Crippen LogP contribution in [-0.4, -0.2) is 0 Å². The van der Waals surface area contributed by atoms with Crippen molar-refractivity contribution >= 4 is 35.6 Å². The third-order valence-electron chi connectivity index (χ3n) is 0.169. The van der Waals surface area contributed by atoms with E-state index in [9.17, 15) is 0 Å². The van der Waals surface area contributed by atoms with Crippen LogP contribution in [0.15, 0.2) is 0 Å². The summed E-state index contributed by atoms with van der Waals surface area (Å²) in [6.07, 6.45) is 0. The molecule has 0 rings (SSSR count). The Morgan fingerprint density at radius 1 is 0.857 bits per heavy atom. The average Bonchev–Trinajstić information content (AvgIpc) is 1.72. The zero-order valence-corrected chi connectivity index (χ0v) is 6.47. The molecule has 0 bridgehead atoms. The summed E-state index contributed by atoms with van der Waals surface area (Å²) in [5.41, 5.74) is 0. The van der Waals surface area contributed by atoms with E-state index < -0.39 is 16.2 Å². The first kappa shape index (κ1) is 8.33. The summed E-state index contributed by atoms with van der Waals surface area (Å²) in [4.78, 5) is 0. The number of halogens is 3. The molecular formula is Cl3O3V. The van der Waals surface area contributed by atoms with Crippen LogP contribution < -0.4 is 0 Å². The van der Waals surface area contributed by atoms with Crippen LogP contribution in [0.2, 0.25) is 0 Å². The van der Waals surface area contributed by atoms with Crippen LogP contribution in [0.5, 0.6) is 0 Å². The predicted molar refractivity (Wildman–Crippen MR) is 20.8 cm³/mol. The Bertz CT molecular complexity index is 31.7. The van der Waals surface area contributed by atoms with Gasteiger partial charge in [-0.3, -0.25) is 0 Å². The molecule has 3 nitrogen and oxygen atoms in total. The molecule has 0 aliphatic rings. The van der Waals surface area contributed by atoms with Crippen molar-refractivity contribution in [2.75, 3.05) is 0 Å². The summed E-state index contributed by atoms with van der Waals surface area (Å²) in [6.45, 7) is 0. The van der Waals surface area contributed by atoms with Crippen LogP contribution in [-0.2, 0) is 25.9 Å². The first-order valence-electron chi connectivity index (χ1n) is 1.01. The van der Waals surface area contributed by atoms with Gasteiger partial charge in [-0.1, -0.05) is 0 Å². The van der Waals surface area contributed by atoms with E-state index in [1.807, 2.05) is 0 Å². The monoisotopic (exact) mass is 204 g/mol. The molecule has 0 heterocycles. The Morgan fingerprint density at radius 3 is 1.14 bits per heavy atom. The summed E-state index contributed by atoms with van der Waals surface area (Å²) >= 11 is 11.7. The average molecular weight is 205 g/mol. The maximum atomic E-state index is 4.71. The summed E-state index contributed by atoms with van der Waals surface area (Å²) in [5.74, 6) is 0. The van der Waals surface area contributed by atoms with Gasteiger partial charge in [0.25, 0.3) is 0 Å². The van der Waals surface area contributed by atoms with E-state index in [0.29, 0.717) is 0 Å². The SMILES string of the molecule is Cl[O][V]([O]Cl)[O]Cl. The van der Waals surface area contributed by atoms with E-state index in [-0.39, 0.29) is 0 Å². The Labute approximate surface area is 61.5 Å². The summed E-state index contributed by atoms with van der Waals surface area (Å²) < 4.78 is 11.9. The van der Waals surface area contributed by atoms with Crippen molar-refractivity contribution in [3.05, 3.63) is 0 Å². The third-order valence-corrected chi connectivity index (χ3v) is 2.09. The summed E-state index contributed by atoms with van der Waals surface area (Å²) in [7, 11) is 0. The van der Waals surface area contributed by atoms with Crippen molar-refractivity contribution in [3.63, 3.8) is 0 Å². The van der Waals surface area contributed by atoms with Gasteiger partial charge in [0.15, 0.2) is 0 Å². The second-order valence-electron chi connectivity index (χ2n) is 0.431. The fourth-order valence-corrected chi connectivity index (χ4v) is 1.19. The van der Waals surface area contributed by atoms with Crippen molar-refractivity contribution in [1.29, 1.82) is 0 Å². The molecule has 0 N–H and O–H groups in total. The molecule has 0 aromatic rings. The molecule has 0 aromatic heterocycles. The molecule has 0 aliphatic heterocycles. The van der Waals surface area contributed by atoms with Crippen molar-refractivity contribution in [2.45, 2.75) is 0 Å². The second-order valence-corrected chi connectivity index (χ2v) is 3.48. The standard InChI is InChI=1S/3ClO.V/c3*1-2;/q3*-1;+3. The molecular weight excluding hydrogens is 205 g/mol. The Kier molecular flexibility index (Phi) is 6.51. The molecule has 7 heteroatoms. The van der Waals surface area contributed by atoms with Crippen LogP contribution in [0, 0.1) is 0 Å². The summed E-state index contributed by atoms with van der Waals surface area (Å²) in [5, 5.41) is 0. The minimum atomic E-state index is -2.43. The van der Waals surface area contributed by atoms with Gasteiger partial charge in [-0.2, -0.15) is 0 Å². The van der Waals surface area contributed by atoms with Crippen molar-refractivity contribution < 1.29 is 25.9 Å². The predicted octanol–water partition coefficient (Wildman–Crippen LogP) is 1.86. The van der Waals surface area contributed by atoms with E-state index in [0.717, 1.165) is 0 Å². The van der Waals surface area contributed by atoms with E-state index in [2.05, 4.69) is 9.64 Å². The third kappa shape index (κ3) is 3.88. The van der Waals surface area contributed by atoms with Crippen molar-refractivity contribution in [2.24, 2.45) is 0 Å². The Morgan fingerprint density at radius 2 is 1.14 bits per heavy atom. The van der Waals surface area contributed by atoms with Gasteiger partial charge in [0.05, 0.1) is 0 Å². The molecule has 0 spiro atoms. The first-order chi connectivity index (χ1) is 3.35. The van der Waals surface area contributed by atoms with E-state index in [4.69, 9.17) is 35.6 Å². The zero-order chi connectivity index (χ0) is 5.70. The first-order valence-corrected chi connectivity index (χ1v) is 3.65. The van der Waals surface area contributed by atoms with E-state index in [1.54, 1.807) is 0 Å². The molecule has 0 aromatic carbocycles. The van der Waals surface area contributed by atoms with Crippen LogP contribution >= 0.6 is 35.6 Å². The normalized spacial score (nSPS) is 10.3. The molecule has 0 aliphatic carbocycles. The minimum absolute atomic E-state index is 2.43. The van der Waals surface area contributed by atoms with Gasteiger partial charge in [-0.15, -0.1) is 0 Å². The van der Waals surface area contributed by atoms with Crippen molar-refractivity contribution in [3.8, 4) is 0 Å². The van der Waals surface area contributed by atoms with Crippen molar-refractivity contribution in [1.82, 2.24) is 0 Å². The van der Waals surface area contributed by atoms with Gasteiger partial charge in [-0.25, -0.2) is 0 Å².